The number of carboxylic acids is 1. The van der Waals surface area contributed by atoms with Crippen molar-refractivity contribution in [2.45, 2.75) is 46.0 Å². The molecule has 104 valence electrons. The van der Waals surface area contributed by atoms with Gasteiger partial charge in [-0.3, -0.25) is 9.59 Å². The van der Waals surface area contributed by atoms with Gasteiger partial charge in [-0.15, -0.1) is 0 Å². The van der Waals surface area contributed by atoms with Gasteiger partial charge in [0.1, 0.15) is 0 Å². The summed E-state index contributed by atoms with van der Waals surface area (Å²) in [5.41, 5.74) is 3.22. The first-order valence-electron chi connectivity index (χ1n) is 6.14. The summed E-state index contributed by atoms with van der Waals surface area (Å²) < 4.78 is 0. The second-order valence-corrected chi connectivity index (χ2v) is 6.02. The van der Waals surface area contributed by atoms with Gasteiger partial charge in [0, 0.05) is 6.42 Å². The van der Waals surface area contributed by atoms with Crippen molar-refractivity contribution in [2.24, 2.45) is 0 Å². The van der Waals surface area contributed by atoms with Crippen LogP contribution in [0.5, 0.6) is 0 Å². The van der Waals surface area contributed by atoms with E-state index in [0.717, 1.165) is 22.3 Å². The Morgan fingerprint density at radius 3 is 2.32 bits per heavy atom. The van der Waals surface area contributed by atoms with E-state index < -0.39 is 16.6 Å². The third kappa shape index (κ3) is 4.06. The minimum atomic E-state index is -0.876. The number of hydrogen-bond acceptors (Lipinski definition) is 2. The SMILES string of the molecule is Cc1cc(C)c(C(C)(C)CC(=O)Cl)c(CC(=O)O)c1. The summed E-state index contributed by atoms with van der Waals surface area (Å²) in [5.74, 6) is -0.876. The van der Waals surface area contributed by atoms with E-state index in [1.165, 1.54) is 0 Å². The van der Waals surface area contributed by atoms with Gasteiger partial charge < -0.3 is 5.11 Å². The van der Waals surface area contributed by atoms with Gasteiger partial charge in [-0.25, -0.2) is 0 Å². The molecule has 0 unspecified atom stereocenters. The van der Waals surface area contributed by atoms with Crippen molar-refractivity contribution >= 4 is 22.8 Å². The summed E-state index contributed by atoms with van der Waals surface area (Å²) in [5, 5.41) is 8.62. The van der Waals surface area contributed by atoms with Gasteiger partial charge in [-0.1, -0.05) is 31.5 Å². The molecule has 0 fully saturated rings. The van der Waals surface area contributed by atoms with Crippen LogP contribution in [-0.2, 0) is 21.4 Å². The molecule has 0 amide bonds. The third-order valence-corrected chi connectivity index (χ3v) is 3.29. The molecule has 0 saturated carbocycles. The Bertz CT molecular complexity index is 518. The molecule has 0 aliphatic heterocycles. The molecular weight excluding hydrogens is 264 g/mol. The zero-order valence-electron chi connectivity index (χ0n) is 11.7. The Kier molecular flexibility index (Phi) is 4.75. The smallest absolute Gasteiger partial charge is 0.307 e. The highest BCUT2D eigenvalue weighted by atomic mass is 35.5. The summed E-state index contributed by atoms with van der Waals surface area (Å²) >= 11 is 5.50. The van der Waals surface area contributed by atoms with E-state index in [1.54, 1.807) is 0 Å². The fourth-order valence-electron chi connectivity index (χ4n) is 2.76. The van der Waals surface area contributed by atoms with Crippen molar-refractivity contribution < 1.29 is 14.7 Å². The summed E-state index contributed by atoms with van der Waals surface area (Å²) in [7, 11) is 0. The van der Waals surface area contributed by atoms with Gasteiger partial charge in [0.2, 0.25) is 5.24 Å². The van der Waals surface area contributed by atoms with Crippen LogP contribution in [0.1, 0.15) is 42.5 Å². The molecule has 0 aliphatic carbocycles. The van der Waals surface area contributed by atoms with Crippen LogP contribution in [0, 0.1) is 13.8 Å². The quantitative estimate of drug-likeness (QED) is 0.843. The maximum atomic E-state index is 11.2. The van der Waals surface area contributed by atoms with Crippen LogP contribution in [0.3, 0.4) is 0 Å². The lowest BCUT2D eigenvalue weighted by Gasteiger charge is -2.28. The molecule has 4 heteroatoms. The normalized spacial score (nSPS) is 11.4. The van der Waals surface area contributed by atoms with Gasteiger partial charge in [-0.2, -0.15) is 0 Å². The van der Waals surface area contributed by atoms with Crippen molar-refractivity contribution in [1.29, 1.82) is 0 Å². The van der Waals surface area contributed by atoms with Crippen LogP contribution in [0.15, 0.2) is 12.1 Å². The standard InChI is InChI=1S/C15H19ClO3/c1-9-5-10(2)14(11(6-9)7-13(18)19)15(3,4)8-12(16)17/h5-6H,7-8H2,1-4H3,(H,18,19). The minimum Gasteiger partial charge on any atom is -0.481 e. The highest BCUT2D eigenvalue weighted by molar-refractivity contribution is 6.63. The summed E-state index contributed by atoms with van der Waals surface area (Å²) in [6.07, 6.45) is 0.142. The first-order valence-corrected chi connectivity index (χ1v) is 6.52. The molecule has 0 bridgehead atoms. The number of halogens is 1. The second kappa shape index (κ2) is 5.74. The van der Waals surface area contributed by atoms with E-state index in [2.05, 4.69) is 0 Å². The average Bonchev–Trinajstić information content (AvgIpc) is 2.10. The lowest BCUT2D eigenvalue weighted by atomic mass is 9.76. The van der Waals surface area contributed by atoms with Gasteiger partial charge in [-0.05, 0) is 47.6 Å². The van der Waals surface area contributed by atoms with Crippen molar-refractivity contribution in [3.05, 3.63) is 34.4 Å². The number of benzene rings is 1. The molecule has 1 rings (SSSR count). The molecule has 0 radical (unpaired) electrons. The van der Waals surface area contributed by atoms with Gasteiger partial charge in [0.25, 0.3) is 0 Å². The lowest BCUT2D eigenvalue weighted by Crippen LogP contribution is -2.24. The second-order valence-electron chi connectivity index (χ2n) is 5.60. The zero-order valence-corrected chi connectivity index (χ0v) is 12.5. The molecule has 19 heavy (non-hydrogen) atoms. The Morgan fingerprint density at radius 1 is 1.26 bits per heavy atom. The van der Waals surface area contributed by atoms with Crippen LogP contribution in [0.4, 0.5) is 0 Å². The van der Waals surface area contributed by atoms with Gasteiger partial charge >= 0.3 is 5.97 Å². The first kappa shape index (κ1) is 15.7. The van der Waals surface area contributed by atoms with Crippen LogP contribution in [-0.4, -0.2) is 16.3 Å². The molecule has 0 atom stereocenters. The fraction of sp³-hybridized carbons (Fsp3) is 0.467. The molecule has 0 aromatic heterocycles. The van der Waals surface area contributed by atoms with Gasteiger partial charge in [0.05, 0.1) is 6.42 Å². The molecule has 0 saturated heterocycles. The Hall–Kier alpha value is -1.35. The zero-order chi connectivity index (χ0) is 14.8. The summed E-state index contributed by atoms with van der Waals surface area (Å²) in [6, 6.07) is 3.87. The van der Waals surface area contributed by atoms with E-state index in [0.29, 0.717) is 0 Å². The third-order valence-electron chi connectivity index (χ3n) is 3.16. The molecule has 0 aliphatic rings. The Balaban J connectivity index is 3.39. The molecule has 1 N–H and O–H groups in total. The van der Waals surface area contributed by atoms with Crippen molar-refractivity contribution in [2.75, 3.05) is 0 Å². The van der Waals surface area contributed by atoms with Crippen molar-refractivity contribution in [3.63, 3.8) is 0 Å². The Morgan fingerprint density at radius 2 is 1.84 bits per heavy atom. The first-order chi connectivity index (χ1) is 8.63. The number of carbonyl (C=O) groups excluding carboxylic acids is 1. The van der Waals surface area contributed by atoms with Crippen LogP contribution in [0.25, 0.3) is 0 Å². The number of carboxylic acid groups (broad SMARTS) is 1. The van der Waals surface area contributed by atoms with E-state index >= 15 is 0 Å². The number of rotatable bonds is 5. The van der Waals surface area contributed by atoms with Crippen LogP contribution < -0.4 is 0 Å². The van der Waals surface area contributed by atoms with E-state index in [9.17, 15) is 9.59 Å². The maximum absolute atomic E-state index is 11.2. The van der Waals surface area contributed by atoms with Crippen LogP contribution in [0.2, 0.25) is 0 Å². The largest absolute Gasteiger partial charge is 0.481 e. The maximum Gasteiger partial charge on any atom is 0.307 e. The number of hydrogen-bond donors (Lipinski definition) is 1. The summed E-state index contributed by atoms with van der Waals surface area (Å²) in [6.45, 7) is 7.70. The monoisotopic (exact) mass is 282 g/mol. The van der Waals surface area contributed by atoms with E-state index in [-0.39, 0.29) is 12.8 Å². The summed E-state index contributed by atoms with van der Waals surface area (Å²) in [4.78, 5) is 22.2. The lowest BCUT2D eigenvalue weighted by molar-refractivity contribution is -0.136. The number of carbonyl (C=O) groups is 2. The highest BCUT2D eigenvalue weighted by Gasteiger charge is 2.28. The number of aryl methyl sites for hydroxylation is 2. The highest BCUT2D eigenvalue weighted by Crippen LogP contribution is 2.34. The van der Waals surface area contributed by atoms with Crippen LogP contribution >= 0.6 is 11.6 Å². The molecule has 0 spiro atoms. The topological polar surface area (TPSA) is 54.4 Å². The van der Waals surface area contributed by atoms with Gasteiger partial charge in [0.15, 0.2) is 0 Å². The fourth-order valence-corrected chi connectivity index (χ4v) is 3.10. The molecule has 1 aromatic carbocycles. The van der Waals surface area contributed by atoms with E-state index in [1.807, 2.05) is 39.8 Å². The minimum absolute atomic E-state index is 0.0439. The van der Waals surface area contributed by atoms with E-state index in [4.69, 9.17) is 16.7 Å². The van der Waals surface area contributed by atoms with Crippen molar-refractivity contribution in [3.8, 4) is 0 Å². The molecule has 0 heterocycles. The number of aliphatic carboxylic acids is 1. The molecule has 1 aromatic rings. The van der Waals surface area contributed by atoms with Crippen molar-refractivity contribution in [1.82, 2.24) is 0 Å². The molecule has 3 nitrogen and oxygen atoms in total. The Labute approximate surface area is 118 Å². The average molecular weight is 283 g/mol. The predicted molar refractivity (Wildman–Crippen MR) is 75.8 cm³/mol. The predicted octanol–water partition coefficient (Wildman–Crippen LogP) is 3.36. The molecular formula is C15H19ClO3.